The molecule has 0 aromatic heterocycles. The number of hydrogen-bond donors (Lipinski definition) is 0. The molecular formula is C12H15NO. The second-order valence-corrected chi connectivity index (χ2v) is 3.67. The quantitative estimate of drug-likeness (QED) is 0.715. The van der Waals surface area contributed by atoms with Gasteiger partial charge >= 0.3 is 0 Å². The summed E-state index contributed by atoms with van der Waals surface area (Å²) in [5, 5.41) is 0. The summed E-state index contributed by atoms with van der Waals surface area (Å²) in [6.07, 6.45) is 1.95. The molecule has 1 aliphatic rings. The van der Waals surface area contributed by atoms with Gasteiger partial charge in [0.1, 0.15) is 6.61 Å². The Kier molecular flexibility index (Phi) is 2.82. The molecule has 0 saturated heterocycles. The van der Waals surface area contributed by atoms with Crippen LogP contribution in [0.5, 0.6) is 0 Å². The molecule has 0 unspecified atom stereocenters. The van der Waals surface area contributed by atoms with E-state index in [0.29, 0.717) is 6.04 Å². The van der Waals surface area contributed by atoms with Crippen molar-refractivity contribution in [1.29, 1.82) is 0 Å². The van der Waals surface area contributed by atoms with Crippen LogP contribution in [0, 0.1) is 0 Å². The van der Waals surface area contributed by atoms with E-state index in [4.69, 9.17) is 4.74 Å². The monoisotopic (exact) mass is 189 g/mol. The van der Waals surface area contributed by atoms with Crippen molar-refractivity contribution in [2.45, 2.75) is 25.8 Å². The number of benzene rings is 1. The Morgan fingerprint density at radius 2 is 2.07 bits per heavy atom. The van der Waals surface area contributed by atoms with Crippen LogP contribution in [0.4, 0.5) is 0 Å². The molecule has 0 fully saturated rings. The van der Waals surface area contributed by atoms with Gasteiger partial charge in [0, 0.05) is 6.42 Å². The van der Waals surface area contributed by atoms with Crippen molar-refractivity contribution in [3.05, 3.63) is 35.9 Å². The molecule has 74 valence electrons. The lowest BCUT2D eigenvalue weighted by atomic mass is 10.1. The zero-order chi connectivity index (χ0) is 9.80. The van der Waals surface area contributed by atoms with Crippen LogP contribution in [-0.2, 0) is 11.2 Å². The van der Waals surface area contributed by atoms with Gasteiger partial charge in [-0.05, 0) is 18.9 Å². The summed E-state index contributed by atoms with van der Waals surface area (Å²) in [4.78, 5) is 4.40. The summed E-state index contributed by atoms with van der Waals surface area (Å²) in [6.45, 7) is 2.83. The molecule has 0 aliphatic carbocycles. The molecular weight excluding hydrogens is 174 g/mol. The largest absolute Gasteiger partial charge is 0.479 e. The third-order valence-electron chi connectivity index (χ3n) is 2.33. The van der Waals surface area contributed by atoms with Crippen molar-refractivity contribution >= 4 is 5.90 Å². The predicted molar refractivity (Wildman–Crippen MR) is 57.6 cm³/mol. The van der Waals surface area contributed by atoms with E-state index < -0.39 is 0 Å². The van der Waals surface area contributed by atoms with E-state index in [2.05, 4.69) is 36.2 Å². The Hall–Kier alpha value is -1.31. The van der Waals surface area contributed by atoms with Crippen molar-refractivity contribution in [3.8, 4) is 0 Å². The Morgan fingerprint density at radius 3 is 2.71 bits per heavy atom. The van der Waals surface area contributed by atoms with E-state index in [-0.39, 0.29) is 0 Å². The highest BCUT2D eigenvalue weighted by Crippen LogP contribution is 2.09. The first-order valence-corrected chi connectivity index (χ1v) is 5.08. The van der Waals surface area contributed by atoms with Gasteiger partial charge in [-0.1, -0.05) is 30.3 Å². The van der Waals surface area contributed by atoms with Gasteiger partial charge in [-0.2, -0.15) is 0 Å². The van der Waals surface area contributed by atoms with Crippen LogP contribution in [0.25, 0.3) is 0 Å². The Labute approximate surface area is 84.6 Å². The second kappa shape index (κ2) is 4.27. The Morgan fingerprint density at radius 1 is 1.29 bits per heavy atom. The van der Waals surface area contributed by atoms with Gasteiger partial charge < -0.3 is 4.74 Å². The Bertz CT molecular complexity index is 318. The highest BCUT2D eigenvalue weighted by molar-refractivity contribution is 5.77. The maximum Gasteiger partial charge on any atom is 0.183 e. The number of rotatable bonds is 3. The van der Waals surface area contributed by atoms with Crippen molar-refractivity contribution in [2.24, 2.45) is 4.99 Å². The number of nitrogens with zero attached hydrogens (tertiary/aromatic N) is 1. The van der Waals surface area contributed by atoms with E-state index in [1.807, 2.05) is 6.07 Å². The van der Waals surface area contributed by atoms with Gasteiger partial charge in [0.05, 0.1) is 6.04 Å². The van der Waals surface area contributed by atoms with Crippen LogP contribution >= 0.6 is 0 Å². The minimum Gasteiger partial charge on any atom is -0.479 e. The molecule has 0 spiro atoms. The molecule has 0 N–H and O–H groups in total. The number of aryl methyl sites for hydroxylation is 1. The van der Waals surface area contributed by atoms with Crippen molar-refractivity contribution in [2.75, 3.05) is 6.61 Å². The minimum atomic E-state index is 0.348. The first-order valence-electron chi connectivity index (χ1n) is 5.08. The lowest BCUT2D eigenvalue weighted by Crippen LogP contribution is -2.01. The van der Waals surface area contributed by atoms with Crippen LogP contribution in [-0.4, -0.2) is 18.5 Å². The topological polar surface area (TPSA) is 21.6 Å². The standard InChI is InChI=1S/C12H15NO/c1-10-9-14-12(13-10)8-7-11-5-3-2-4-6-11/h2-6,10H,7-9H2,1H3/t10-/m0/s1. The third kappa shape index (κ3) is 2.34. The average Bonchev–Trinajstić information content (AvgIpc) is 2.63. The molecule has 1 aromatic rings. The van der Waals surface area contributed by atoms with Crippen molar-refractivity contribution in [1.82, 2.24) is 0 Å². The van der Waals surface area contributed by atoms with Crippen molar-refractivity contribution in [3.63, 3.8) is 0 Å². The summed E-state index contributed by atoms with van der Waals surface area (Å²) in [6, 6.07) is 10.8. The van der Waals surface area contributed by atoms with E-state index in [1.54, 1.807) is 0 Å². The molecule has 1 aromatic carbocycles. The van der Waals surface area contributed by atoms with Gasteiger partial charge in [-0.3, -0.25) is 0 Å². The smallest absolute Gasteiger partial charge is 0.183 e. The normalized spacial score (nSPS) is 20.4. The first kappa shape index (κ1) is 9.25. The maximum absolute atomic E-state index is 5.44. The zero-order valence-corrected chi connectivity index (χ0v) is 8.44. The maximum atomic E-state index is 5.44. The first-order chi connectivity index (χ1) is 6.84. The third-order valence-corrected chi connectivity index (χ3v) is 2.33. The summed E-state index contributed by atoms with van der Waals surface area (Å²) >= 11 is 0. The van der Waals surface area contributed by atoms with Gasteiger partial charge in [-0.25, -0.2) is 4.99 Å². The van der Waals surface area contributed by atoms with Crippen LogP contribution in [0.15, 0.2) is 35.3 Å². The fourth-order valence-corrected chi connectivity index (χ4v) is 1.57. The Balaban J connectivity index is 1.86. The zero-order valence-electron chi connectivity index (χ0n) is 8.44. The summed E-state index contributed by atoms with van der Waals surface area (Å²) < 4.78 is 5.44. The van der Waals surface area contributed by atoms with Gasteiger partial charge in [0.25, 0.3) is 0 Å². The molecule has 0 amide bonds. The van der Waals surface area contributed by atoms with Crippen molar-refractivity contribution < 1.29 is 4.74 Å². The molecule has 2 nitrogen and oxygen atoms in total. The highest BCUT2D eigenvalue weighted by Gasteiger charge is 2.13. The van der Waals surface area contributed by atoms with Crippen LogP contribution < -0.4 is 0 Å². The van der Waals surface area contributed by atoms with E-state index in [0.717, 1.165) is 25.3 Å². The van der Waals surface area contributed by atoms with E-state index in [1.165, 1.54) is 5.56 Å². The molecule has 1 aliphatic heterocycles. The predicted octanol–water partition coefficient (Wildman–Crippen LogP) is 2.44. The second-order valence-electron chi connectivity index (χ2n) is 3.67. The molecule has 14 heavy (non-hydrogen) atoms. The molecule has 0 saturated carbocycles. The number of aliphatic imine (C=N–C) groups is 1. The number of hydrogen-bond acceptors (Lipinski definition) is 2. The van der Waals surface area contributed by atoms with E-state index >= 15 is 0 Å². The van der Waals surface area contributed by atoms with E-state index in [9.17, 15) is 0 Å². The average molecular weight is 189 g/mol. The highest BCUT2D eigenvalue weighted by atomic mass is 16.5. The summed E-state index contributed by atoms with van der Waals surface area (Å²) in [5.74, 6) is 0.918. The lowest BCUT2D eigenvalue weighted by molar-refractivity contribution is 0.315. The minimum absolute atomic E-state index is 0.348. The number of ether oxygens (including phenoxy) is 1. The summed E-state index contributed by atoms with van der Waals surface area (Å²) in [5.41, 5.74) is 1.35. The molecule has 2 heteroatoms. The molecule has 1 atom stereocenters. The summed E-state index contributed by atoms with van der Waals surface area (Å²) in [7, 11) is 0. The molecule has 1 heterocycles. The van der Waals surface area contributed by atoms with Crippen LogP contribution in [0.3, 0.4) is 0 Å². The van der Waals surface area contributed by atoms with Crippen LogP contribution in [0.2, 0.25) is 0 Å². The van der Waals surface area contributed by atoms with Gasteiger partial charge in [-0.15, -0.1) is 0 Å². The molecule has 2 rings (SSSR count). The fourth-order valence-electron chi connectivity index (χ4n) is 1.57. The molecule has 0 radical (unpaired) electrons. The SMILES string of the molecule is C[C@H]1COC(CCc2ccccc2)=N1. The van der Waals surface area contributed by atoms with Gasteiger partial charge in [0.2, 0.25) is 0 Å². The van der Waals surface area contributed by atoms with Crippen LogP contribution in [0.1, 0.15) is 18.9 Å². The molecule has 0 bridgehead atoms. The fraction of sp³-hybridized carbons (Fsp3) is 0.417. The van der Waals surface area contributed by atoms with Gasteiger partial charge in [0.15, 0.2) is 5.90 Å². The lowest BCUT2D eigenvalue weighted by Gasteiger charge is -2.01.